The Morgan fingerprint density at radius 1 is 0.810 bits per heavy atom. The van der Waals surface area contributed by atoms with Crippen molar-refractivity contribution in [2.45, 2.75) is 5.41 Å². The van der Waals surface area contributed by atoms with Crippen LogP contribution in [-0.2, 0) is 5.41 Å². The minimum Gasteiger partial charge on any atom is -0.497 e. The van der Waals surface area contributed by atoms with Crippen LogP contribution >= 0.6 is 0 Å². The molecular weight excluding hydrogens is 268 g/mol. The molecule has 0 fully saturated rings. The Hall–Kier alpha value is -2.04. The molecule has 0 radical (unpaired) electrons. The highest BCUT2D eigenvalue weighted by molar-refractivity contribution is 5.82. The number of fused-ring (bicyclic) bond motifs is 3. The average molecular weight is 286 g/mol. The molecule has 2 aromatic carbocycles. The number of hydrogen-bond donors (Lipinski definition) is 2. The van der Waals surface area contributed by atoms with Crippen LogP contribution in [0.1, 0.15) is 11.1 Å². The largest absolute Gasteiger partial charge is 0.497 e. The van der Waals surface area contributed by atoms with Crippen molar-refractivity contribution in [3.8, 4) is 22.6 Å². The summed E-state index contributed by atoms with van der Waals surface area (Å²) in [7, 11) is 3.21. The van der Waals surface area contributed by atoms with Crippen LogP contribution in [0.15, 0.2) is 36.4 Å². The van der Waals surface area contributed by atoms with Crippen LogP contribution in [0.5, 0.6) is 11.5 Å². The van der Waals surface area contributed by atoms with E-state index in [1.54, 1.807) is 14.2 Å². The number of methoxy groups -OCH3 is 2. The van der Waals surface area contributed by atoms with E-state index in [4.69, 9.17) is 9.47 Å². The summed E-state index contributed by atoms with van der Waals surface area (Å²) < 4.78 is 10.6. The monoisotopic (exact) mass is 286 g/mol. The molecule has 0 aliphatic heterocycles. The summed E-state index contributed by atoms with van der Waals surface area (Å²) in [6.45, 7) is -0.354. The van der Waals surface area contributed by atoms with Gasteiger partial charge in [-0.15, -0.1) is 0 Å². The van der Waals surface area contributed by atoms with Gasteiger partial charge in [0.25, 0.3) is 0 Å². The van der Waals surface area contributed by atoms with Crippen molar-refractivity contribution in [2.75, 3.05) is 27.4 Å². The molecule has 0 unspecified atom stereocenters. The Kier molecular flexibility index (Phi) is 3.35. The molecule has 1 aliphatic carbocycles. The number of hydrogen-bond acceptors (Lipinski definition) is 4. The predicted octanol–water partition coefficient (Wildman–Crippen LogP) is 1.95. The lowest BCUT2D eigenvalue weighted by atomic mass is 9.79. The Balaban J connectivity index is 2.30. The molecule has 21 heavy (non-hydrogen) atoms. The molecule has 0 amide bonds. The molecule has 1 aliphatic rings. The second kappa shape index (κ2) is 5.06. The normalized spacial score (nSPS) is 14.5. The van der Waals surface area contributed by atoms with Gasteiger partial charge in [-0.05, 0) is 46.5 Å². The third-order valence-electron chi connectivity index (χ3n) is 4.31. The summed E-state index contributed by atoms with van der Waals surface area (Å²) in [5.41, 5.74) is 2.96. The van der Waals surface area contributed by atoms with E-state index >= 15 is 0 Å². The molecule has 0 heterocycles. The smallest absolute Gasteiger partial charge is 0.119 e. The standard InChI is InChI=1S/C17H18O4/c1-20-11-3-5-13-14-6-4-12(21-2)8-16(14)17(9-18,10-19)15(13)7-11/h3-8,18-19H,9-10H2,1-2H3. The first kappa shape index (κ1) is 13.9. The third kappa shape index (κ3) is 1.83. The van der Waals surface area contributed by atoms with E-state index in [9.17, 15) is 10.2 Å². The van der Waals surface area contributed by atoms with Gasteiger partial charge in [0.2, 0.25) is 0 Å². The zero-order valence-corrected chi connectivity index (χ0v) is 12.1. The number of rotatable bonds is 4. The Morgan fingerprint density at radius 2 is 1.24 bits per heavy atom. The summed E-state index contributed by atoms with van der Waals surface area (Å²) in [6, 6.07) is 11.5. The van der Waals surface area contributed by atoms with E-state index in [2.05, 4.69) is 0 Å². The van der Waals surface area contributed by atoms with Crippen molar-refractivity contribution in [2.24, 2.45) is 0 Å². The van der Waals surface area contributed by atoms with Gasteiger partial charge < -0.3 is 19.7 Å². The number of ether oxygens (including phenoxy) is 2. The van der Waals surface area contributed by atoms with E-state index < -0.39 is 5.41 Å². The quantitative estimate of drug-likeness (QED) is 0.902. The maximum Gasteiger partial charge on any atom is 0.119 e. The van der Waals surface area contributed by atoms with Crippen LogP contribution in [-0.4, -0.2) is 37.6 Å². The Morgan fingerprint density at radius 3 is 1.57 bits per heavy atom. The van der Waals surface area contributed by atoms with Gasteiger partial charge in [0.1, 0.15) is 11.5 Å². The Bertz CT molecular complexity index is 619. The first-order valence-corrected chi connectivity index (χ1v) is 6.79. The molecule has 0 saturated heterocycles. The van der Waals surface area contributed by atoms with Crippen molar-refractivity contribution in [3.63, 3.8) is 0 Å². The molecule has 2 aromatic rings. The van der Waals surface area contributed by atoms with Gasteiger partial charge in [0.05, 0.1) is 32.8 Å². The molecule has 4 nitrogen and oxygen atoms in total. The summed E-state index contributed by atoms with van der Waals surface area (Å²) in [5, 5.41) is 20.0. The van der Waals surface area contributed by atoms with E-state index in [0.717, 1.165) is 22.3 Å². The number of aliphatic hydroxyl groups excluding tert-OH is 2. The second-order valence-corrected chi connectivity index (χ2v) is 5.22. The summed E-state index contributed by atoms with van der Waals surface area (Å²) in [4.78, 5) is 0. The van der Waals surface area contributed by atoms with E-state index in [1.807, 2.05) is 36.4 Å². The fourth-order valence-corrected chi connectivity index (χ4v) is 3.10. The highest BCUT2D eigenvalue weighted by atomic mass is 16.5. The Labute approximate surface area is 123 Å². The summed E-state index contributed by atoms with van der Waals surface area (Å²) in [6.07, 6.45) is 0. The minimum atomic E-state index is -0.826. The van der Waals surface area contributed by atoms with Crippen molar-refractivity contribution in [1.29, 1.82) is 0 Å². The SMILES string of the molecule is COc1ccc2c(c1)C(CO)(CO)c1cc(OC)ccc1-2. The van der Waals surface area contributed by atoms with Crippen LogP contribution in [0.2, 0.25) is 0 Å². The van der Waals surface area contributed by atoms with Gasteiger partial charge in [-0.1, -0.05) is 12.1 Å². The lowest BCUT2D eigenvalue weighted by Gasteiger charge is -2.27. The third-order valence-corrected chi connectivity index (χ3v) is 4.31. The van der Waals surface area contributed by atoms with E-state index in [1.165, 1.54) is 0 Å². The summed E-state index contributed by atoms with van der Waals surface area (Å²) >= 11 is 0. The zero-order valence-electron chi connectivity index (χ0n) is 12.1. The highest BCUT2D eigenvalue weighted by Gasteiger charge is 2.43. The zero-order chi connectivity index (χ0) is 15.0. The molecule has 0 spiro atoms. The van der Waals surface area contributed by atoms with Crippen molar-refractivity contribution in [1.82, 2.24) is 0 Å². The van der Waals surface area contributed by atoms with Gasteiger partial charge in [-0.25, -0.2) is 0 Å². The molecule has 4 heteroatoms. The van der Waals surface area contributed by atoms with E-state index in [-0.39, 0.29) is 13.2 Å². The van der Waals surface area contributed by atoms with Gasteiger partial charge in [0.15, 0.2) is 0 Å². The maximum absolute atomic E-state index is 10.00. The molecule has 0 aromatic heterocycles. The first-order chi connectivity index (χ1) is 10.2. The maximum atomic E-state index is 10.00. The predicted molar refractivity (Wildman–Crippen MR) is 79.9 cm³/mol. The van der Waals surface area contributed by atoms with Crippen LogP contribution in [0.25, 0.3) is 11.1 Å². The lowest BCUT2D eigenvalue weighted by Crippen LogP contribution is -2.34. The number of aliphatic hydroxyl groups is 2. The minimum absolute atomic E-state index is 0.177. The molecule has 0 saturated carbocycles. The van der Waals surface area contributed by atoms with Gasteiger partial charge in [0, 0.05) is 0 Å². The fourth-order valence-electron chi connectivity index (χ4n) is 3.10. The average Bonchev–Trinajstić information content (AvgIpc) is 2.83. The first-order valence-electron chi connectivity index (χ1n) is 6.79. The molecule has 0 bridgehead atoms. The molecule has 0 atom stereocenters. The fraction of sp³-hybridized carbons (Fsp3) is 0.294. The lowest BCUT2D eigenvalue weighted by molar-refractivity contribution is 0.146. The van der Waals surface area contributed by atoms with Crippen molar-refractivity contribution >= 4 is 0 Å². The van der Waals surface area contributed by atoms with Crippen molar-refractivity contribution in [3.05, 3.63) is 47.5 Å². The van der Waals surface area contributed by atoms with Crippen LogP contribution in [0, 0.1) is 0 Å². The van der Waals surface area contributed by atoms with E-state index in [0.29, 0.717) is 11.5 Å². The molecule has 3 rings (SSSR count). The summed E-state index contributed by atoms with van der Waals surface area (Å²) in [5.74, 6) is 1.42. The van der Waals surface area contributed by atoms with Crippen LogP contribution < -0.4 is 9.47 Å². The van der Waals surface area contributed by atoms with Gasteiger partial charge in [-0.2, -0.15) is 0 Å². The molecule has 2 N–H and O–H groups in total. The van der Waals surface area contributed by atoms with Crippen LogP contribution in [0.3, 0.4) is 0 Å². The van der Waals surface area contributed by atoms with Crippen LogP contribution in [0.4, 0.5) is 0 Å². The van der Waals surface area contributed by atoms with Gasteiger partial charge >= 0.3 is 0 Å². The second-order valence-electron chi connectivity index (χ2n) is 5.22. The van der Waals surface area contributed by atoms with Crippen molar-refractivity contribution < 1.29 is 19.7 Å². The highest BCUT2D eigenvalue weighted by Crippen LogP contribution is 2.50. The number of benzene rings is 2. The van der Waals surface area contributed by atoms with Gasteiger partial charge in [-0.3, -0.25) is 0 Å². The molecule has 110 valence electrons. The topological polar surface area (TPSA) is 58.9 Å². The molecular formula is C17H18O4.